The van der Waals surface area contributed by atoms with E-state index in [2.05, 4.69) is 4.98 Å². The normalized spacial score (nSPS) is 12.9. The lowest BCUT2D eigenvalue weighted by Crippen LogP contribution is -2.18. The lowest BCUT2D eigenvalue weighted by molar-refractivity contribution is 0.0655. The fraction of sp³-hybridized carbons (Fsp3) is 0.556. The van der Waals surface area contributed by atoms with Crippen molar-refractivity contribution in [3.8, 4) is 0 Å². The zero-order valence-electron chi connectivity index (χ0n) is 8.40. The molecule has 0 spiro atoms. The van der Waals surface area contributed by atoms with Crippen LogP contribution in [-0.4, -0.2) is 29.1 Å². The highest BCUT2D eigenvalue weighted by Gasteiger charge is 2.19. The Morgan fingerprint density at radius 1 is 1.71 bits per heavy atom. The molecular weight excluding hydrogens is 202 g/mol. The van der Waals surface area contributed by atoms with Gasteiger partial charge in [-0.15, -0.1) is 11.3 Å². The topological polar surface area (TPSA) is 59.4 Å². The lowest BCUT2D eigenvalue weighted by Gasteiger charge is -2.04. The van der Waals surface area contributed by atoms with E-state index in [-0.39, 0.29) is 12.4 Å². The second-order valence-electron chi connectivity index (χ2n) is 2.93. The summed E-state index contributed by atoms with van der Waals surface area (Å²) in [6.07, 6.45) is -0.480. The van der Waals surface area contributed by atoms with Gasteiger partial charge in [0.2, 0.25) is 5.78 Å². The number of carbonyl (C=O) groups excluding carboxylic acids is 1. The SMILES string of the molecule is COC(C)C(=O)c1nc(C)c(CO)s1. The molecule has 0 saturated heterocycles. The highest BCUT2D eigenvalue weighted by Crippen LogP contribution is 2.19. The smallest absolute Gasteiger partial charge is 0.219 e. The fourth-order valence-corrected chi connectivity index (χ4v) is 1.90. The van der Waals surface area contributed by atoms with Gasteiger partial charge >= 0.3 is 0 Å². The van der Waals surface area contributed by atoms with Gasteiger partial charge in [0.15, 0.2) is 5.01 Å². The number of rotatable bonds is 4. The first-order valence-electron chi connectivity index (χ1n) is 4.24. The Balaban J connectivity index is 2.91. The number of aliphatic hydroxyl groups excluding tert-OH is 1. The molecular formula is C9H13NO3S. The monoisotopic (exact) mass is 215 g/mol. The molecule has 0 saturated carbocycles. The van der Waals surface area contributed by atoms with Crippen LogP contribution in [0.15, 0.2) is 0 Å². The van der Waals surface area contributed by atoms with Gasteiger partial charge in [-0.2, -0.15) is 0 Å². The highest BCUT2D eigenvalue weighted by molar-refractivity contribution is 7.13. The average Bonchev–Trinajstić information content (AvgIpc) is 2.57. The number of thiazole rings is 1. The summed E-state index contributed by atoms with van der Waals surface area (Å²) in [5.41, 5.74) is 0.712. The van der Waals surface area contributed by atoms with Gasteiger partial charge in [-0.1, -0.05) is 0 Å². The molecule has 0 aromatic carbocycles. The van der Waals surface area contributed by atoms with Gasteiger partial charge in [-0.3, -0.25) is 4.79 Å². The van der Waals surface area contributed by atoms with Crippen LogP contribution in [0.2, 0.25) is 0 Å². The van der Waals surface area contributed by atoms with E-state index in [4.69, 9.17) is 9.84 Å². The number of hydrogen-bond donors (Lipinski definition) is 1. The summed E-state index contributed by atoms with van der Waals surface area (Å²) >= 11 is 1.22. The fourth-order valence-electron chi connectivity index (χ4n) is 0.961. The van der Waals surface area contributed by atoms with Gasteiger partial charge in [0.05, 0.1) is 17.2 Å². The summed E-state index contributed by atoms with van der Waals surface area (Å²) in [6.45, 7) is 3.38. The Morgan fingerprint density at radius 3 is 2.79 bits per heavy atom. The van der Waals surface area contributed by atoms with E-state index in [1.165, 1.54) is 18.4 Å². The van der Waals surface area contributed by atoms with E-state index in [1.807, 2.05) is 0 Å². The Bertz CT molecular complexity index is 335. The number of ketones is 1. The molecule has 0 radical (unpaired) electrons. The zero-order chi connectivity index (χ0) is 10.7. The van der Waals surface area contributed by atoms with E-state index < -0.39 is 6.10 Å². The molecule has 0 fully saturated rings. The van der Waals surface area contributed by atoms with Gasteiger partial charge in [0.25, 0.3) is 0 Å². The molecule has 0 aliphatic carbocycles. The number of nitrogens with zero attached hydrogens (tertiary/aromatic N) is 1. The first kappa shape index (κ1) is 11.3. The van der Waals surface area contributed by atoms with Gasteiger partial charge in [0.1, 0.15) is 6.10 Å². The van der Waals surface area contributed by atoms with Crippen LogP contribution in [0.25, 0.3) is 0 Å². The average molecular weight is 215 g/mol. The summed E-state index contributed by atoms with van der Waals surface area (Å²) in [4.78, 5) is 16.4. The van der Waals surface area contributed by atoms with Crippen molar-refractivity contribution in [1.82, 2.24) is 4.98 Å². The van der Waals surface area contributed by atoms with Crippen LogP contribution in [0.4, 0.5) is 0 Å². The van der Waals surface area contributed by atoms with Crippen LogP contribution in [0.1, 0.15) is 27.3 Å². The molecule has 1 aromatic heterocycles. The Kier molecular flexibility index (Phi) is 3.74. The summed E-state index contributed by atoms with van der Waals surface area (Å²) in [7, 11) is 1.48. The minimum absolute atomic E-state index is 0.0713. The van der Waals surface area contributed by atoms with Crippen molar-refractivity contribution in [3.63, 3.8) is 0 Å². The largest absolute Gasteiger partial charge is 0.391 e. The summed E-state index contributed by atoms with van der Waals surface area (Å²) < 4.78 is 4.90. The molecule has 78 valence electrons. The number of aromatic nitrogens is 1. The van der Waals surface area contributed by atoms with E-state index in [1.54, 1.807) is 13.8 Å². The maximum absolute atomic E-state index is 11.6. The molecule has 1 heterocycles. The quantitative estimate of drug-likeness (QED) is 0.766. The minimum atomic E-state index is -0.480. The third-order valence-corrected chi connectivity index (χ3v) is 3.13. The number of hydrogen-bond acceptors (Lipinski definition) is 5. The van der Waals surface area contributed by atoms with Crippen molar-refractivity contribution in [1.29, 1.82) is 0 Å². The molecule has 1 rings (SSSR count). The first-order valence-corrected chi connectivity index (χ1v) is 5.06. The molecule has 5 heteroatoms. The zero-order valence-corrected chi connectivity index (χ0v) is 9.22. The van der Waals surface area contributed by atoms with Gasteiger partial charge in [-0.25, -0.2) is 4.98 Å². The van der Waals surface area contributed by atoms with Crippen molar-refractivity contribution in [2.24, 2.45) is 0 Å². The van der Waals surface area contributed by atoms with Crippen molar-refractivity contribution >= 4 is 17.1 Å². The van der Waals surface area contributed by atoms with E-state index in [9.17, 15) is 4.79 Å². The summed E-state index contributed by atoms with van der Waals surface area (Å²) in [5.74, 6) is -0.139. The van der Waals surface area contributed by atoms with Crippen LogP contribution in [0.5, 0.6) is 0 Å². The predicted octanol–water partition coefficient (Wildman–Crippen LogP) is 1.16. The molecule has 1 aromatic rings. The molecule has 1 atom stereocenters. The number of aliphatic hydroxyl groups is 1. The van der Waals surface area contributed by atoms with Crippen molar-refractivity contribution < 1.29 is 14.6 Å². The Morgan fingerprint density at radius 2 is 2.36 bits per heavy atom. The van der Waals surface area contributed by atoms with E-state index >= 15 is 0 Å². The second-order valence-corrected chi connectivity index (χ2v) is 4.01. The number of carbonyl (C=O) groups is 1. The summed E-state index contributed by atoms with van der Waals surface area (Å²) in [5, 5.41) is 9.34. The molecule has 0 amide bonds. The molecule has 0 aliphatic rings. The molecule has 1 N–H and O–H groups in total. The maximum Gasteiger partial charge on any atom is 0.219 e. The van der Waals surface area contributed by atoms with Gasteiger partial charge < -0.3 is 9.84 Å². The third kappa shape index (κ3) is 2.17. The maximum atomic E-state index is 11.6. The highest BCUT2D eigenvalue weighted by atomic mass is 32.1. The predicted molar refractivity (Wildman–Crippen MR) is 53.6 cm³/mol. The Labute approximate surface area is 86.6 Å². The number of ether oxygens (including phenoxy) is 1. The van der Waals surface area contributed by atoms with Crippen LogP contribution in [0.3, 0.4) is 0 Å². The standard InChI is InChI=1S/C9H13NO3S/c1-5-7(4-11)14-9(10-5)8(12)6(2)13-3/h6,11H,4H2,1-3H3. The van der Waals surface area contributed by atoms with Crippen molar-refractivity contribution in [3.05, 3.63) is 15.6 Å². The Hall–Kier alpha value is -0.780. The molecule has 14 heavy (non-hydrogen) atoms. The third-order valence-electron chi connectivity index (χ3n) is 1.97. The molecule has 0 aliphatic heterocycles. The summed E-state index contributed by atoms with van der Waals surface area (Å²) in [6, 6.07) is 0. The van der Waals surface area contributed by atoms with Gasteiger partial charge in [0, 0.05) is 7.11 Å². The first-order chi connectivity index (χ1) is 6.60. The van der Waals surface area contributed by atoms with Crippen LogP contribution in [0, 0.1) is 6.92 Å². The molecule has 4 nitrogen and oxygen atoms in total. The number of aryl methyl sites for hydroxylation is 1. The van der Waals surface area contributed by atoms with Crippen LogP contribution in [-0.2, 0) is 11.3 Å². The second kappa shape index (κ2) is 4.63. The number of Topliss-reactive ketones (excluding diaryl/α,β-unsaturated/α-hetero) is 1. The van der Waals surface area contributed by atoms with E-state index in [0.29, 0.717) is 10.7 Å². The van der Waals surface area contributed by atoms with Crippen LogP contribution >= 0.6 is 11.3 Å². The lowest BCUT2D eigenvalue weighted by atomic mass is 10.3. The van der Waals surface area contributed by atoms with Crippen LogP contribution < -0.4 is 0 Å². The van der Waals surface area contributed by atoms with Crippen molar-refractivity contribution in [2.45, 2.75) is 26.6 Å². The van der Waals surface area contributed by atoms with E-state index in [0.717, 1.165) is 4.88 Å². The minimum Gasteiger partial charge on any atom is -0.391 e. The van der Waals surface area contributed by atoms with Crippen molar-refractivity contribution in [2.75, 3.05) is 7.11 Å². The number of methoxy groups -OCH3 is 1. The van der Waals surface area contributed by atoms with Gasteiger partial charge in [-0.05, 0) is 13.8 Å². The molecule has 1 unspecified atom stereocenters. The molecule has 0 bridgehead atoms.